The van der Waals surface area contributed by atoms with E-state index in [1.165, 1.54) is 0 Å². The molecule has 0 atom stereocenters. The molecule has 0 amide bonds. The number of sulfonamides is 1. The first-order chi connectivity index (χ1) is 10.1. The topological polar surface area (TPSA) is 76.0 Å². The monoisotopic (exact) mass is 308 g/mol. The van der Waals surface area contributed by atoms with Crippen molar-refractivity contribution in [3.63, 3.8) is 0 Å². The predicted octanol–water partition coefficient (Wildman–Crippen LogP) is 1.81. The SMILES string of the molecule is CCCn1cc(S(=O)(=O)Nc2ccncc2)cc1CNC. The van der Waals surface area contributed by atoms with Crippen molar-refractivity contribution in [3.8, 4) is 0 Å². The normalized spacial score (nSPS) is 11.5. The molecule has 7 heteroatoms. The largest absolute Gasteiger partial charge is 0.349 e. The fraction of sp³-hybridized carbons (Fsp3) is 0.357. The number of pyridine rings is 1. The summed E-state index contributed by atoms with van der Waals surface area (Å²) in [5.74, 6) is 0. The van der Waals surface area contributed by atoms with Crippen molar-refractivity contribution >= 4 is 15.7 Å². The Kier molecular flexibility index (Phi) is 4.98. The number of aromatic nitrogens is 2. The number of hydrogen-bond donors (Lipinski definition) is 2. The van der Waals surface area contributed by atoms with Gasteiger partial charge in [-0.25, -0.2) is 8.42 Å². The van der Waals surface area contributed by atoms with Crippen molar-refractivity contribution < 1.29 is 8.42 Å². The minimum absolute atomic E-state index is 0.276. The fourth-order valence-electron chi connectivity index (χ4n) is 2.08. The van der Waals surface area contributed by atoms with Gasteiger partial charge >= 0.3 is 0 Å². The maximum Gasteiger partial charge on any atom is 0.263 e. The minimum atomic E-state index is -3.58. The van der Waals surface area contributed by atoms with E-state index in [1.54, 1.807) is 36.8 Å². The highest BCUT2D eigenvalue weighted by atomic mass is 32.2. The summed E-state index contributed by atoms with van der Waals surface area (Å²) in [7, 11) is -1.74. The third-order valence-electron chi connectivity index (χ3n) is 3.03. The van der Waals surface area contributed by atoms with Crippen molar-refractivity contribution in [3.05, 3.63) is 42.5 Å². The Hall–Kier alpha value is -1.86. The zero-order chi connectivity index (χ0) is 15.3. The molecule has 0 saturated heterocycles. The van der Waals surface area contributed by atoms with Gasteiger partial charge in [-0.3, -0.25) is 9.71 Å². The molecule has 2 heterocycles. The summed E-state index contributed by atoms with van der Waals surface area (Å²) < 4.78 is 29.3. The molecule has 6 nitrogen and oxygen atoms in total. The van der Waals surface area contributed by atoms with Gasteiger partial charge in [-0.15, -0.1) is 0 Å². The molecule has 21 heavy (non-hydrogen) atoms. The first-order valence-corrected chi connectivity index (χ1v) is 8.31. The molecular formula is C14H20N4O2S. The van der Waals surface area contributed by atoms with E-state index < -0.39 is 10.0 Å². The summed E-state index contributed by atoms with van der Waals surface area (Å²) in [4.78, 5) is 4.14. The molecule has 0 aliphatic carbocycles. The smallest absolute Gasteiger partial charge is 0.263 e. The van der Waals surface area contributed by atoms with Crippen LogP contribution in [0.15, 0.2) is 41.7 Å². The van der Waals surface area contributed by atoms with Crippen molar-refractivity contribution in [1.29, 1.82) is 0 Å². The molecule has 2 aromatic rings. The molecule has 0 saturated carbocycles. The van der Waals surface area contributed by atoms with Crippen molar-refractivity contribution in [2.45, 2.75) is 31.3 Å². The molecule has 0 radical (unpaired) electrons. The van der Waals surface area contributed by atoms with Gasteiger partial charge in [0.1, 0.15) is 4.90 Å². The Balaban J connectivity index is 2.29. The van der Waals surface area contributed by atoms with Crippen molar-refractivity contribution in [2.75, 3.05) is 11.8 Å². The van der Waals surface area contributed by atoms with Gasteiger partial charge in [0.2, 0.25) is 0 Å². The maximum atomic E-state index is 12.4. The van der Waals surface area contributed by atoms with Crippen LogP contribution in [-0.2, 0) is 23.1 Å². The van der Waals surface area contributed by atoms with E-state index in [2.05, 4.69) is 21.9 Å². The molecule has 0 unspecified atom stereocenters. The molecule has 0 spiro atoms. The summed E-state index contributed by atoms with van der Waals surface area (Å²) in [5, 5.41) is 3.05. The fourth-order valence-corrected chi connectivity index (χ4v) is 3.21. The van der Waals surface area contributed by atoms with Gasteiger partial charge in [0.05, 0.1) is 5.69 Å². The summed E-state index contributed by atoms with van der Waals surface area (Å²) in [6, 6.07) is 4.94. The van der Waals surface area contributed by atoms with Crippen molar-refractivity contribution in [1.82, 2.24) is 14.9 Å². The van der Waals surface area contributed by atoms with Crippen LogP contribution in [0.1, 0.15) is 19.0 Å². The molecule has 0 bridgehead atoms. The highest BCUT2D eigenvalue weighted by Crippen LogP contribution is 2.18. The van der Waals surface area contributed by atoms with Crippen LogP contribution in [0.3, 0.4) is 0 Å². The lowest BCUT2D eigenvalue weighted by atomic mass is 10.4. The summed E-state index contributed by atoms with van der Waals surface area (Å²) in [6.45, 7) is 3.49. The number of rotatable bonds is 7. The Bertz CT molecular complexity index is 657. The summed E-state index contributed by atoms with van der Waals surface area (Å²) >= 11 is 0. The average molecular weight is 308 g/mol. The van der Waals surface area contributed by atoms with Crippen LogP contribution < -0.4 is 10.0 Å². The second kappa shape index (κ2) is 6.73. The summed E-state index contributed by atoms with van der Waals surface area (Å²) in [6.07, 6.45) is 5.72. The van der Waals surface area contributed by atoms with Gasteiger partial charge in [-0.2, -0.15) is 0 Å². The second-order valence-electron chi connectivity index (χ2n) is 4.73. The number of aryl methyl sites for hydroxylation is 1. The summed E-state index contributed by atoms with van der Waals surface area (Å²) in [5.41, 5.74) is 1.46. The van der Waals surface area contributed by atoms with Gasteiger partial charge < -0.3 is 9.88 Å². The molecule has 2 aromatic heterocycles. The van der Waals surface area contributed by atoms with Gasteiger partial charge in [0.25, 0.3) is 10.0 Å². The van der Waals surface area contributed by atoms with Crippen LogP contribution in [0.5, 0.6) is 0 Å². The molecule has 0 aromatic carbocycles. The number of hydrogen-bond acceptors (Lipinski definition) is 4. The van der Waals surface area contributed by atoms with E-state index in [4.69, 9.17) is 0 Å². The van der Waals surface area contributed by atoms with Crippen LogP contribution in [-0.4, -0.2) is 25.0 Å². The van der Waals surface area contributed by atoms with Crippen molar-refractivity contribution in [2.24, 2.45) is 0 Å². The van der Waals surface area contributed by atoms with Gasteiger partial charge in [0.15, 0.2) is 0 Å². The zero-order valence-electron chi connectivity index (χ0n) is 12.2. The minimum Gasteiger partial charge on any atom is -0.349 e. The van der Waals surface area contributed by atoms with Crippen LogP contribution in [0.25, 0.3) is 0 Å². The van der Waals surface area contributed by atoms with E-state index in [9.17, 15) is 8.42 Å². The lowest BCUT2D eigenvalue weighted by Gasteiger charge is -2.06. The first kappa shape index (κ1) is 15.5. The quantitative estimate of drug-likeness (QED) is 0.818. The first-order valence-electron chi connectivity index (χ1n) is 6.83. The number of nitrogens with zero attached hydrogens (tertiary/aromatic N) is 2. The molecule has 0 aliphatic heterocycles. The van der Waals surface area contributed by atoms with Gasteiger partial charge in [0, 0.05) is 37.4 Å². The Morgan fingerprint density at radius 1 is 1.29 bits per heavy atom. The molecule has 114 valence electrons. The van der Waals surface area contributed by atoms with Crippen LogP contribution >= 0.6 is 0 Å². The van der Waals surface area contributed by atoms with Crippen LogP contribution in [0.4, 0.5) is 5.69 Å². The van der Waals surface area contributed by atoms with E-state index >= 15 is 0 Å². The highest BCUT2D eigenvalue weighted by molar-refractivity contribution is 7.92. The molecule has 0 aliphatic rings. The lowest BCUT2D eigenvalue weighted by Crippen LogP contribution is -2.12. The number of nitrogens with one attached hydrogen (secondary N) is 2. The van der Waals surface area contributed by atoms with E-state index in [0.29, 0.717) is 12.2 Å². The zero-order valence-corrected chi connectivity index (χ0v) is 13.0. The van der Waals surface area contributed by atoms with Crippen LogP contribution in [0, 0.1) is 0 Å². The van der Waals surface area contributed by atoms with E-state index in [0.717, 1.165) is 18.7 Å². The van der Waals surface area contributed by atoms with E-state index in [1.807, 2.05) is 11.6 Å². The third-order valence-corrected chi connectivity index (χ3v) is 4.37. The predicted molar refractivity (Wildman–Crippen MR) is 82.5 cm³/mol. The van der Waals surface area contributed by atoms with Crippen LogP contribution in [0.2, 0.25) is 0 Å². The Morgan fingerprint density at radius 3 is 2.62 bits per heavy atom. The lowest BCUT2D eigenvalue weighted by molar-refractivity contribution is 0.599. The van der Waals surface area contributed by atoms with Gasteiger partial charge in [-0.1, -0.05) is 6.92 Å². The maximum absolute atomic E-state index is 12.4. The standard InChI is InChI=1S/C14H20N4O2S/c1-3-8-18-11-14(9-13(18)10-15-2)21(19,20)17-12-4-6-16-7-5-12/h4-7,9,11,15H,3,8,10H2,1-2H3,(H,16,17). The molecule has 2 N–H and O–H groups in total. The molecule has 2 rings (SSSR count). The van der Waals surface area contributed by atoms with E-state index in [-0.39, 0.29) is 4.90 Å². The highest BCUT2D eigenvalue weighted by Gasteiger charge is 2.18. The number of anilines is 1. The molecule has 0 fully saturated rings. The molecular weight excluding hydrogens is 288 g/mol. The Labute approximate surface area is 125 Å². The second-order valence-corrected chi connectivity index (χ2v) is 6.41. The Morgan fingerprint density at radius 2 is 2.00 bits per heavy atom. The van der Waals surface area contributed by atoms with Gasteiger partial charge in [-0.05, 0) is 31.7 Å². The third kappa shape index (κ3) is 3.83. The average Bonchev–Trinajstić information content (AvgIpc) is 2.85.